The lowest BCUT2D eigenvalue weighted by Crippen LogP contribution is -2.46. The van der Waals surface area contributed by atoms with Gasteiger partial charge in [0.15, 0.2) is 0 Å². The molecule has 6 nitrogen and oxygen atoms in total. The van der Waals surface area contributed by atoms with Gasteiger partial charge in [0.2, 0.25) is 5.56 Å². The number of nitrogens with one attached hydrogen (secondary N) is 2. The third-order valence-electron chi connectivity index (χ3n) is 3.33. The molecule has 1 aliphatic heterocycles. The molecule has 0 radical (unpaired) electrons. The molecule has 1 amide bonds. The van der Waals surface area contributed by atoms with Crippen LogP contribution in [-0.2, 0) is 0 Å². The Bertz CT molecular complexity index is 480. The molecule has 19 heavy (non-hydrogen) atoms. The van der Waals surface area contributed by atoms with E-state index in [-0.39, 0.29) is 11.5 Å². The second-order valence-electron chi connectivity index (χ2n) is 4.76. The van der Waals surface area contributed by atoms with E-state index in [1.54, 1.807) is 18.0 Å². The molecule has 0 aromatic carbocycles. The molecule has 0 unspecified atom stereocenters. The van der Waals surface area contributed by atoms with E-state index in [0.717, 1.165) is 32.7 Å². The summed E-state index contributed by atoms with van der Waals surface area (Å²) in [4.78, 5) is 29.8. The van der Waals surface area contributed by atoms with Crippen LogP contribution in [0.25, 0.3) is 0 Å². The Kier molecular flexibility index (Phi) is 4.70. The molecule has 1 fully saturated rings. The second-order valence-corrected chi connectivity index (χ2v) is 4.76. The number of H-pyrrole nitrogens is 1. The third-order valence-corrected chi connectivity index (χ3v) is 3.33. The van der Waals surface area contributed by atoms with Crippen molar-refractivity contribution in [1.82, 2.24) is 20.1 Å². The molecule has 0 aliphatic carbocycles. The first kappa shape index (κ1) is 13.8. The molecule has 0 bridgehead atoms. The van der Waals surface area contributed by atoms with Crippen molar-refractivity contribution >= 4 is 5.91 Å². The summed E-state index contributed by atoms with van der Waals surface area (Å²) < 4.78 is 0. The van der Waals surface area contributed by atoms with Crippen molar-refractivity contribution in [2.45, 2.75) is 0 Å². The van der Waals surface area contributed by atoms with Crippen LogP contribution < -0.4 is 10.9 Å². The van der Waals surface area contributed by atoms with Gasteiger partial charge in [-0.25, -0.2) is 0 Å². The van der Waals surface area contributed by atoms with Gasteiger partial charge in [-0.2, -0.15) is 0 Å². The summed E-state index contributed by atoms with van der Waals surface area (Å²) in [6.45, 7) is 5.59. The van der Waals surface area contributed by atoms with Gasteiger partial charge in [0.05, 0.1) is 0 Å². The number of likely N-dealkylation sites (N-methyl/N-ethyl adjacent to an activating group) is 1. The van der Waals surface area contributed by atoms with Crippen LogP contribution in [-0.4, -0.2) is 67.0 Å². The van der Waals surface area contributed by atoms with Crippen molar-refractivity contribution < 1.29 is 4.79 Å². The Hall–Kier alpha value is -1.66. The highest BCUT2D eigenvalue weighted by molar-refractivity contribution is 5.93. The molecule has 0 saturated carbocycles. The van der Waals surface area contributed by atoms with E-state index in [4.69, 9.17) is 0 Å². The lowest BCUT2D eigenvalue weighted by atomic mass is 10.2. The van der Waals surface area contributed by atoms with E-state index in [1.807, 2.05) is 0 Å². The van der Waals surface area contributed by atoms with Crippen LogP contribution in [0.2, 0.25) is 0 Å². The van der Waals surface area contributed by atoms with E-state index >= 15 is 0 Å². The van der Waals surface area contributed by atoms with Gasteiger partial charge in [0.1, 0.15) is 0 Å². The minimum absolute atomic E-state index is 0.110. The number of carbonyl (C=O) groups excluding carboxylic acids is 1. The second kappa shape index (κ2) is 6.49. The lowest BCUT2D eigenvalue weighted by molar-refractivity contribution is 0.0774. The number of aromatic amines is 1. The molecule has 0 spiro atoms. The number of carbonyl (C=O) groups is 1. The van der Waals surface area contributed by atoms with Crippen molar-refractivity contribution in [2.75, 3.05) is 46.3 Å². The van der Waals surface area contributed by atoms with Crippen molar-refractivity contribution in [1.29, 1.82) is 0 Å². The third kappa shape index (κ3) is 3.90. The molecule has 6 heteroatoms. The van der Waals surface area contributed by atoms with Crippen molar-refractivity contribution in [3.63, 3.8) is 0 Å². The normalized spacial score (nSPS) is 16.3. The first-order chi connectivity index (χ1) is 9.16. The number of hydrogen-bond donors (Lipinski definition) is 2. The molecule has 1 aromatic rings. The molecule has 2 N–H and O–H groups in total. The maximum Gasteiger partial charge on any atom is 0.253 e. The summed E-state index contributed by atoms with van der Waals surface area (Å²) in [5.74, 6) is -0.110. The molecule has 0 atom stereocenters. The average molecular weight is 264 g/mol. The minimum atomic E-state index is -0.249. The van der Waals surface area contributed by atoms with E-state index in [9.17, 15) is 9.59 Å². The van der Waals surface area contributed by atoms with Gasteiger partial charge in [-0.3, -0.25) is 14.5 Å². The Morgan fingerprint density at radius 3 is 2.84 bits per heavy atom. The van der Waals surface area contributed by atoms with Gasteiger partial charge in [0.25, 0.3) is 5.91 Å². The Labute approximate surface area is 112 Å². The van der Waals surface area contributed by atoms with E-state index in [2.05, 4.69) is 15.2 Å². The molecule has 2 rings (SSSR count). The fourth-order valence-corrected chi connectivity index (χ4v) is 2.13. The SMILES string of the molecule is CN(CCN1CCNCC1)C(=O)c1cc[nH]c(=O)c1. The highest BCUT2D eigenvalue weighted by Crippen LogP contribution is 2.00. The van der Waals surface area contributed by atoms with Crippen LogP contribution in [0.1, 0.15) is 10.4 Å². The summed E-state index contributed by atoms with van der Waals surface area (Å²) in [6.07, 6.45) is 1.50. The van der Waals surface area contributed by atoms with Gasteiger partial charge < -0.3 is 15.2 Å². The average Bonchev–Trinajstić information content (AvgIpc) is 2.45. The van der Waals surface area contributed by atoms with Crippen LogP contribution in [0, 0.1) is 0 Å². The Balaban J connectivity index is 1.86. The summed E-state index contributed by atoms with van der Waals surface area (Å²) >= 11 is 0. The molecule has 104 valence electrons. The van der Waals surface area contributed by atoms with Crippen molar-refractivity contribution in [3.8, 4) is 0 Å². The predicted octanol–water partition coefficient (Wildman–Crippen LogP) is -0.648. The molecule has 1 aliphatic rings. The first-order valence-corrected chi connectivity index (χ1v) is 6.54. The van der Waals surface area contributed by atoms with Crippen molar-refractivity contribution in [2.24, 2.45) is 0 Å². The number of rotatable bonds is 4. The zero-order chi connectivity index (χ0) is 13.7. The number of piperazine rings is 1. The van der Waals surface area contributed by atoms with Crippen LogP contribution >= 0.6 is 0 Å². The number of aromatic nitrogens is 1. The van der Waals surface area contributed by atoms with Crippen molar-refractivity contribution in [3.05, 3.63) is 34.2 Å². The number of hydrogen-bond acceptors (Lipinski definition) is 4. The molecular weight excluding hydrogens is 244 g/mol. The minimum Gasteiger partial charge on any atom is -0.340 e. The first-order valence-electron chi connectivity index (χ1n) is 6.54. The molecule has 2 heterocycles. The number of pyridine rings is 1. The smallest absolute Gasteiger partial charge is 0.253 e. The van der Waals surface area contributed by atoms with E-state index < -0.39 is 0 Å². The highest BCUT2D eigenvalue weighted by atomic mass is 16.2. The summed E-state index contributed by atoms with van der Waals surface area (Å²) in [7, 11) is 1.77. The van der Waals surface area contributed by atoms with Crippen LogP contribution in [0.15, 0.2) is 23.1 Å². The monoisotopic (exact) mass is 264 g/mol. The van der Waals surface area contributed by atoms with Gasteiger partial charge in [0, 0.05) is 64.1 Å². The maximum atomic E-state index is 12.1. The number of amides is 1. The lowest BCUT2D eigenvalue weighted by Gasteiger charge is -2.29. The molecule has 1 aromatic heterocycles. The van der Waals surface area contributed by atoms with E-state index in [0.29, 0.717) is 12.1 Å². The van der Waals surface area contributed by atoms with Crippen LogP contribution in [0.4, 0.5) is 0 Å². The van der Waals surface area contributed by atoms with E-state index in [1.165, 1.54) is 12.3 Å². The van der Waals surface area contributed by atoms with Gasteiger partial charge in [-0.15, -0.1) is 0 Å². The summed E-state index contributed by atoms with van der Waals surface area (Å²) in [5.41, 5.74) is 0.188. The molecule has 1 saturated heterocycles. The fraction of sp³-hybridized carbons (Fsp3) is 0.538. The zero-order valence-corrected chi connectivity index (χ0v) is 11.2. The van der Waals surface area contributed by atoms with Gasteiger partial charge in [-0.05, 0) is 6.07 Å². The predicted molar refractivity (Wildman–Crippen MR) is 73.3 cm³/mol. The highest BCUT2D eigenvalue weighted by Gasteiger charge is 2.14. The van der Waals surface area contributed by atoms with Gasteiger partial charge in [-0.1, -0.05) is 0 Å². The largest absolute Gasteiger partial charge is 0.340 e. The Morgan fingerprint density at radius 1 is 1.42 bits per heavy atom. The summed E-state index contributed by atoms with van der Waals surface area (Å²) in [6, 6.07) is 2.97. The van der Waals surface area contributed by atoms with Crippen LogP contribution in [0.5, 0.6) is 0 Å². The fourth-order valence-electron chi connectivity index (χ4n) is 2.13. The quantitative estimate of drug-likeness (QED) is 0.758. The standard InChI is InChI=1S/C13H20N4O2/c1-16(8-9-17-6-4-14-5-7-17)13(19)11-2-3-15-12(18)10-11/h2-3,10,14H,4-9H2,1H3,(H,15,18). The maximum absolute atomic E-state index is 12.1. The van der Waals surface area contributed by atoms with Gasteiger partial charge >= 0.3 is 0 Å². The topological polar surface area (TPSA) is 68.4 Å². The Morgan fingerprint density at radius 2 is 2.16 bits per heavy atom. The summed E-state index contributed by atoms with van der Waals surface area (Å²) in [5, 5.41) is 3.30. The number of nitrogens with zero attached hydrogens (tertiary/aromatic N) is 2. The molecular formula is C13H20N4O2. The zero-order valence-electron chi connectivity index (χ0n) is 11.2. The van der Waals surface area contributed by atoms with Crippen LogP contribution in [0.3, 0.4) is 0 Å².